The van der Waals surface area contributed by atoms with E-state index in [-0.39, 0.29) is 6.10 Å². The largest absolute Gasteiger partial charge is 0.492 e. The third kappa shape index (κ3) is 4.44. The molecule has 4 nitrogen and oxygen atoms in total. The van der Waals surface area contributed by atoms with Crippen molar-refractivity contribution in [3.8, 4) is 5.75 Å². The summed E-state index contributed by atoms with van der Waals surface area (Å²) in [5.74, 6) is 0.919. The summed E-state index contributed by atoms with van der Waals surface area (Å²) in [5.41, 5.74) is 3.69. The smallest absolute Gasteiger partial charge is 0.129 e. The van der Waals surface area contributed by atoms with Crippen LogP contribution in [0.25, 0.3) is 21.8 Å². The third-order valence-electron chi connectivity index (χ3n) is 5.22. The number of nitrogens with one attached hydrogen (secondary N) is 1. The quantitative estimate of drug-likeness (QED) is 0.413. The Balaban J connectivity index is 1.61. The maximum Gasteiger partial charge on any atom is 0.129 e. The lowest BCUT2D eigenvalue weighted by Gasteiger charge is -2.11. The standard InChI is InChI=1S/C25H28N2O2/c1-19(28)14-15-26-16-17-29-24-13-7-12-23-25(24)21-10-5-6-11-22(21)27(23)18-20-8-3-2-4-9-20/h2-13,19,26,28H,14-18H2,1H3. The molecular formula is C25H28N2O2. The summed E-state index contributed by atoms with van der Waals surface area (Å²) in [6, 6.07) is 25.4. The number of ether oxygens (including phenoxy) is 1. The molecule has 0 fully saturated rings. The fraction of sp³-hybridized carbons (Fsp3) is 0.280. The Morgan fingerprint density at radius 2 is 1.66 bits per heavy atom. The van der Waals surface area contributed by atoms with Crippen LogP contribution in [0.15, 0.2) is 72.8 Å². The molecule has 1 atom stereocenters. The van der Waals surface area contributed by atoms with Crippen LogP contribution in [0.3, 0.4) is 0 Å². The molecule has 0 amide bonds. The van der Waals surface area contributed by atoms with Gasteiger partial charge in [-0.25, -0.2) is 0 Å². The summed E-state index contributed by atoms with van der Waals surface area (Å²) in [7, 11) is 0. The van der Waals surface area contributed by atoms with E-state index in [0.29, 0.717) is 6.61 Å². The van der Waals surface area contributed by atoms with E-state index in [9.17, 15) is 5.11 Å². The number of benzene rings is 3. The minimum Gasteiger partial charge on any atom is -0.492 e. The summed E-state index contributed by atoms with van der Waals surface area (Å²) >= 11 is 0. The third-order valence-corrected chi connectivity index (χ3v) is 5.22. The molecular weight excluding hydrogens is 360 g/mol. The molecule has 2 N–H and O–H groups in total. The summed E-state index contributed by atoms with van der Waals surface area (Å²) < 4.78 is 8.53. The fourth-order valence-corrected chi connectivity index (χ4v) is 3.79. The Labute approximate surface area is 171 Å². The van der Waals surface area contributed by atoms with Crippen molar-refractivity contribution in [3.63, 3.8) is 0 Å². The van der Waals surface area contributed by atoms with Crippen LogP contribution in [0, 0.1) is 0 Å². The van der Waals surface area contributed by atoms with Crippen LogP contribution in [0.2, 0.25) is 0 Å². The predicted octanol–water partition coefficient (Wildman–Crippen LogP) is 4.58. The molecule has 0 radical (unpaired) electrons. The molecule has 0 saturated carbocycles. The fourth-order valence-electron chi connectivity index (χ4n) is 3.79. The number of aliphatic hydroxyl groups is 1. The van der Waals surface area contributed by atoms with Crippen molar-refractivity contribution in [3.05, 3.63) is 78.4 Å². The number of aromatic nitrogens is 1. The molecule has 4 rings (SSSR count). The van der Waals surface area contributed by atoms with Crippen LogP contribution >= 0.6 is 0 Å². The second-order valence-corrected chi connectivity index (χ2v) is 7.48. The molecule has 150 valence electrons. The maximum atomic E-state index is 9.34. The Kier molecular flexibility index (Phi) is 6.13. The molecule has 29 heavy (non-hydrogen) atoms. The zero-order valence-electron chi connectivity index (χ0n) is 16.8. The van der Waals surface area contributed by atoms with Crippen LogP contribution in [-0.4, -0.2) is 35.5 Å². The Morgan fingerprint density at radius 1 is 0.897 bits per heavy atom. The van der Waals surface area contributed by atoms with Crippen LogP contribution in [0.1, 0.15) is 18.9 Å². The van der Waals surface area contributed by atoms with Crippen molar-refractivity contribution < 1.29 is 9.84 Å². The Morgan fingerprint density at radius 3 is 2.48 bits per heavy atom. The molecule has 4 heteroatoms. The van der Waals surface area contributed by atoms with Gasteiger partial charge in [-0.05, 0) is 43.7 Å². The van der Waals surface area contributed by atoms with Gasteiger partial charge in [-0.2, -0.15) is 0 Å². The molecule has 0 aliphatic heterocycles. The zero-order valence-corrected chi connectivity index (χ0v) is 16.8. The van der Waals surface area contributed by atoms with E-state index in [1.807, 2.05) is 6.92 Å². The van der Waals surface area contributed by atoms with Crippen LogP contribution < -0.4 is 10.1 Å². The lowest BCUT2D eigenvalue weighted by Crippen LogP contribution is -2.24. The van der Waals surface area contributed by atoms with E-state index in [1.165, 1.54) is 27.4 Å². The maximum absolute atomic E-state index is 9.34. The molecule has 0 spiro atoms. The van der Waals surface area contributed by atoms with Gasteiger partial charge in [-0.3, -0.25) is 0 Å². The summed E-state index contributed by atoms with van der Waals surface area (Å²) in [5, 5.41) is 15.0. The number of hydrogen-bond donors (Lipinski definition) is 2. The van der Waals surface area contributed by atoms with E-state index in [0.717, 1.165) is 31.8 Å². The van der Waals surface area contributed by atoms with Gasteiger partial charge < -0.3 is 19.7 Å². The van der Waals surface area contributed by atoms with Gasteiger partial charge in [0, 0.05) is 29.4 Å². The second-order valence-electron chi connectivity index (χ2n) is 7.48. The van der Waals surface area contributed by atoms with E-state index in [4.69, 9.17) is 4.74 Å². The van der Waals surface area contributed by atoms with E-state index in [2.05, 4.69) is 82.7 Å². The highest BCUT2D eigenvalue weighted by atomic mass is 16.5. The van der Waals surface area contributed by atoms with E-state index >= 15 is 0 Å². The van der Waals surface area contributed by atoms with Crippen molar-refractivity contribution in [2.24, 2.45) is 0 Å². The highest BCUT2D eigenvalue weighted by Crippen LogP contribution is 2.36. The number of para-hydroxylation sites is 1. The SMILES string of the molecule is CC(O)CCNCCOc1cccc2c1c1ccccc1n2Cc1ccccc1. The van der Waals surface area contributed by atoms with Gasteiger partial charge in [-0.1, -0.05) is 54.6 Å². The summed E-state index contributed by atoms with van der Waals surface area (Å²) in [6.45, 7) is 4.78. The van der Waals surface area contributed by atoms with Crippen molar-refractivity contribution in [1.29, 1.82) is 0 Å². The molecule has 0 bridgehead atoms. The van der Waals surface area contributed by atoms with Gasteiger partial charge in [0.15, 0.2) is 0 Å². The molecule has 1 unspecified atom stereocenters. The molecule has 0 saturated heterocycles. The number of aliphatic hydroxyl groups excluding tert-OH is 1. The Bertz CT molecular complexity index is 1070. The molecule has 1 aromatic heterocycles. The van der Waals surface area contributed by atoms with Crippen molar-refractivity contribution in [2.75, 3.05) is 19.7 Å². The lowest BCUT2D eigenvalue weighted by molar-refractivity contribution is 0.183. The Hall–Kier alpha value is -2.82. The average Bonchev–Trinajstić information content (AvgIpc) is 3.06. The molecule has 4 aromatic rings. The average molecular weight is 389 g/mol. The topological polar surface area (TPSA) is 46.4 Å². The number of rotatable bonds is 9. The molecule has 3 aromatic carbocycles. The summed E-state index contributed by atoms with van der Waals surface area (Å²) in [6.07, 6.45) is 0.482. The minimum atomic E-state index is -0.270. The minimum absolute atomic E-state index is 0.270. The highest BCUT2D eigenvalue weighted by molar-refractivity contribution is 6.11. The van der Waals surface area contributed by atoms with E-state index < -0.39 is 0 Å². The predicted molar refractivity (Wildman–Crippen MR) is 120 cm³/mol. The molecule has 1 heterocycles. The number of fused-ring (bicyclic) bond motifs is 3. The van der Waals surface area contributed by atoms with Crippen molar-refractivity contribution in [1.82, 2.24) is 9.88 Å². The van der Waals surface area contributed by atoms with Gasteiger partial charge in [0.05, 0.1) is 11.6 Å². The normalized spacial score (nSPS) is 12.5. The van der Waals surface area contributed by atoms with Gasteiger partial charge >= 0.3 is 0 Å². The van der Waals surface area contributed by atoms with E-state index in [1.54, 1.807) is 0 Å². The first kappa shape index (κ1) is 19.5. The lowest BCUT2D eigenvalue weighted by atomic mass is 10.1. The molecule has 0 aliphatic rings. The van der Waals surface area contributed by atoms with Crippen molar-refractivity contribution in [2.45, 2.75) is 26.0 Å². The van der Waals surface area contributed by atoms with Gasteiger partial charge in [0.25, 0.3) is 0 Å². The first-order chi connectivity index (χ1) is 14.2. The van der Waals surface area contributed by atoms with Gasteiger partial charge in [0.1, 0.15) is 12.4 Å². The second kappa shape index (κ2) is 9.12. The summed E-state index contributed by atoms with van der Waals surface area (Å²) in [4.78, 5) is 0. The number of hydrogen-bond acceptors (Lipinski definition) is 3. The van der Waals surface area contributed by atoms with Gasteiger partial charge in [0.2, 0.25) is 0 Å². The van der Waals surface area contributed by atoms with Gasteiger partial charge in [-0.15, -0.1) is 0 Å². The van der Waals surface area contributed by atoms with Crippen molar-refractivity contribution >= 4 is 21.8 Å². The first-order valence-electron chi connectivity index (χ1n) is 10.3. The highest BCUT2D eigenvalue weighted by Gasteiger charge is 2.14. The zero-order chi connectivity index (χ0) is 20.1. The first-order valence-corrected chi connectivity index (χ1v) is 10.3. The monoisotopic (exact) mass is 388 g/mol. The number of nitrogens with zero attached hydrogens (tertiary/aromatic N) is 1. The van der Waals surface area contributed by atoms with Crippen LogP contribution in [0.4, 0.5) is 0 Å². The van der Waals surface area contributed by atoms with Crippen LogP contribution in [-0.2, 0) is 6.54 Å². The van der Waals surface area contributed by atoms with Crippen LogP contribution in [0.5, 0.6) is 5.75 Å². The molecule has 0 aliphatic carbocycles.